The molecule has 1 saturated heterocycles. The van der Waals surface area contributed by atoms with Crippen molar-refractivity contribution in [2.75, 3.05) is 38.2 Å². The van der Waals surface area contributed by atoms with E-state index < -0.39 is 0 Å². The van der Waals surface area contributed by atoms with Crippen molar-refractivity contribution in [2.45, 2.75) is 50.7 Å². The highest BCUT2D eigenvalue weighted by Gasteiger charge is 2.28. The van der Waals surface area contributed by atoms with Crippen molar-refractivity contribution in [3.8, 4) is 11.5 Å². The molecule has 2 aromatic carbocycles. The zero-order chi connectivity index (χ0) is 23.2. The normalized spacial score (nSPS) is 19.4. The second-order valence-electron chi connectivity index (χ2n) is 9.51. The Hall–Kier alpha value is -2.99. The van der Waals surface area contributed by atoms with Crippen LogP contribution < -0.4 is 14.4 Å². The Balaban J connectivity index is 1.32. The third-order valence-electron chi connectivity index (χ3n) is 7.25. The number of anilines is 1. The fraction of sp³-hybridized carbons (Fsp3) is 0.464. The summed E-state index contributed by atoms with van der Waals surface area (Å²) in [5.41, 5.74) is 3.81. The zero-order valence-corrected chi connectivity index (χ0v) is 20.2. The first kappa shape index (κ1) is 22.8. The Labute approximate surface area is 202 Å². The van der Waals surface area contributed by atoms with Crippen molar-refractivity contribution < 1.29 is 9.47 Å². The van der Waals surface area contributed by atoms with Crippen molar-refractivity contribution in [1.82, 2.24) is 14.9 Å². The van der Waals surface area contributed by atoms with E-state index >= 15 is 0 Å². The van der Waals surface area contributed by atoms with Gasteiger partial charge in [-0.15, -0.1) is 0 Å². The molecule has 34 heavy (non-hydrogen) atoms. The van der Waals surface area contributed by atoms with Gasteiger partial charge in [-0.2, -0.15) is 0 Å². The van der Waals surface area contributed by atoms with E-state index in [0.717, 1.165) is 63.4 Å². The summed E-state index contributed by atoms with van der Waals surface area (Å²) in [5.74, 6) is 1.71. The molecule has 2 aliphatic rings. The maximum atomic E-state index is 6.38. The minimum atomic E-state index is 0.314. The van der Waals surface area contributed by atoms with Crippen LogP contribution >= 0.6 is 0 Å². The Morgan fingerprint density at radius 1 is 1.03 bits per heavy atom. The van der Waals surface area contributed by atoms with E-state index in [4.69, 9.17) is 9.47 Å². The lowest BCUT2D eigenvalue weighted by Crippen LogP contribution is -2.54. The molecule has 1 aliphatic carbocycles. The topological polar surface area (TPSA) is 53.6 Å². The van der Waals surface area contributed by atoms with Crippen LogP contribution in [0.5, 0.6) is 11.5 Å². The van der Waals surface area contributed by atoms with Crippen LogP contribution in [0.1, 0.15) is 36.9 Å². The second kappa shape index (κ2) is 11.0. The number of piperazine rings is 1. The molecule has 1 N–H and O–H groups in total. The smallest absolute Gasteiger partial charge is 0.163 e. The number of methoxy groups -OCH3 is 1. The number of aromatic amines is 1. The number of hydrogen-bond acceptors (Lipinski definition) is 5. The number of aromatic nitrogens is 2. The van der Waals surface area contributed by atoms with Gasteiger partial charge in [0.1, 0.15) is 0 Å². The van der Waals surface area contributed by atoms with Crippen LogP contribution in [0.2, 0.25) is 0 Å². The summed E-state index contributed by atoms with van der Waals surface area (Å²) in [6, 6.07) is 17.7. The van der Waals surface area contributed by atoms with E-state index in [-0.39, 0.29) is 0 Å². The van der Waals surface area contributed by atoms with Crippen molar-refractivity contribution >= 4 is 5.69 Å². The van der Waals surface area contributed by atoms with Crippen LogP contribution in [0.15, 0.2) is 61.1 Å². The van der Waals surface area contributed by atoms with Crippen LogP contribution in [-0.4, -0.2) is 60.3 Å². The van der Waals surface area contributed by atoms with E-state index in [0.29, 0.717) is 12.1 Å². The first-order valence-corrected chi connectivity index (χ1v) is 12.6. The molecule has 6 nitrogen and oxygen atoms in total. The number of nitrogens with zero attached hydrogens (tertiary/aromatic N) is 3. The van der Waals surface area contributed by atoms with Gasteiger partial charge in [0.15, 0.2) is 11.5 Å². The Bertz CT molecular complexity index is 1020. The van der Waals surface area contributed by atoms with Crippen LogP contribution in [0.25, 0.3) is 0 Å². The van der Waals surface area contributed by atoms with Crippen LogP contribution in [0, 0.1) is 0 Å². The largest absolute Gasteiger partial charge is 0.493 e. The lowest BCUT2D eigenvalue weighted by Gasteiger charge is -2.43. The molecular formula is C28H36N4O2. The monoisotopic (exact) mass is 460 g/mol. The van der Waals surface area contributed by atoms with Crippen molar-refractivity contribution in [3.63, 3.8) is 0 Å². The number of hydrogen-bond donors (Lipinski definition) is 1. The van der Waals surface area contributed by atoms with Crippen LogP contribution in [-0.2, 0) is 12.8 Å². The fourth-order valence-corrected chi connectivity index (χ4v) is 5.33. The van der Waals surface area contributed by atoms with Crippen LogP contribution in [0.4, 0.5) is 5.69 Å². The molecule has 0 radical (unpaired) electrons. The van der Waals surface area contributed by atoms with Gasteiger partial charge in [0.2, 0.25) is 0 Å². The highest BCUT2D eigenvalue weighted by Crippen LogP contribution is 2.35. The van der Waals surface area contributed by atoms with E-state index in [1.165, 1.54) is 29.8 Å². The van der Waals surface area contributed by atoms with Gasteiger partial charge in [-0.1, -0.05) is 30.3 Å². The molecule has 180 valence electrons. The maximum Gasteiger partial charge on any atom is 0.163 e. The van der Waals surface area contributed by atoms with Gasteiger partial charge < -0.3 is 19.4 Å². The van der Waals surface area contributed by atoms with Crippen molar-refractivity contribution in [1.29, 1.82) is 0 Å². The molecule has 1 atom stereocenters. The molecule has 1 aromatic heterocycles. The lowest BCUT2D eigenvalue weighted by molar-refractivity contribution is 0.176. The Morgan fingerprint density at radius 2 is 1.88 bits per heavy atom. The molecule has 2 heterocycles. The number of imidazole rings is 1. The van der Waals surface area contributed by atoms with Gasteiger partial charge in [0.25, 0.3) is 0 Å². The summed E-state index contributed by atoms with van der Waals surface area (Å²) >= 11 is 0. The molecule has 0 bridgehead atoms. The van der Waals surface area contributed by atoms with Gasteiger partial charge in [0, 0.05) is 62.3 Å². The summed E-state index contributed by atoms with van der Waals surface area (Å²) in [5, 5.41) is 0. The number of benzene rings is 2. The Kier molecular flexibility index (Phi) is 7.34. The molecule has 1 unspecified atom stereocenters. The van der Waals surface area contributed by atoms with E-state index in [1.807, 2.05) is 6.20 Å². The molecular weight excluding hydrogens is 424 g/mol. The second-order valence-corrected chi connectivity index (χ2v) is 9.51. The predicted octanol–water partition coefficient (Wildman–Crippen LogP) is 4.72. The minimum absolute atomic E-state index is 0.314. The summed E-state index contributed by atoms with van der Waals surface area (Å²) < 4.78 is 12.0. The number of nitrogens with one attached hydrogen (secondary N) is 1. The average Bonchev–Trinajstić information content (AvgIpc) is 3.58. The molecule has 3 aromatic rings. The summed E-state index contributed by atoms with van der Waals surface area (Å²) in [6.45, 7) is 4.07. The third kappa shape index (κ3) is 5.55. The third-order valence-corrected chi connectivity index (χ3v) is 7.25. The average molecular weight is 461 g/mol. The van der Waals surface area contributed by atoms with E-state index in [2.05, 4.69) is 68.3 Å². The van der Waals surface area contributed by atoms with Crippen LogP contribution in [0.3, 0.4) is 0 Å². The van der Waals surface area contributed by atoms with Gasteiger partial charge >= 0.3 is 0 Å². The fourth-order valence-electron chi connectivity index (χ4n) is 5.33. The standard InChI is InChI=1S/C28H36N4O2/c1-33-27-12-11-24(18-28(27)34-26-9-5-6-10-26)32-16-15-31(14-13-23-19-29-21-30-23)25(20-32)17-22-7-3-2-4-8-22/h2-4,7-8,11-12,18-19,21,25-26H,5-6,9-10,13-17,20H2,1H3,(H,29,30). The lowest BCUT2D eigenvalue weighted by atomic mass is 10.0. The first-order valence-electron chi connectivity index (χ1n) is 12.6. The molecule has 6 heteroatoms. The van der Waals surface area contributed by atoms with Gasteiger partial charge in [-0.05, 0) is 49.8 Å². The summed E-state index contributed by atoms with van der Waals surface area (Å²) in [6.07, 6.45) is 10.9. The van der Waals surface area contributed by atoms with Gasteiger partial charge in [0.05, 0.1) is 19.5 Å². The maximum absolute atomic E-state index is 6.38. The zero-order valence-electron chi connectivity index (χ0n) is 20.2. The number of rotatable bonds is 9. The first-order chi connectivity index (χ1) is 16.8. The van der Waals surface area contributed by atoms with E-state index in [9.17, 15) is 0 Å². The van der Waals surface area contributed by atoms with Crippen molar-refractivity contribution in [3.05, 3.63) is 72.3 Å². The quantitative estimate of drug-likeness (QED) is 0.501. The number of H-pyrrole nitrogens is 1. The molecule has 1 saturated carbocycles. The highest BCUT2D eigenvalue weighted by molar-refractivity contribution is 5.57. The Morgan fingerprint density at radius 3 is 2.65 bits per heavy atom. The van der Waals surface area contributed by atoms with Crippen molar-refractivity contribution in [2.24, 2.45) is 0 Å². The molecule has 0 spiro atoms. The molecule has 1 aliphatic heterocycles. The summed E-state index contributed by atoms with van der Waals surface area (Å²) in [4.78, 5) is 12.6. The predicted molar refractivity (Wildman–Crippen MR) is 136 cm³/mol. The molecule has 0 amide bonds. The molecule has 2 fully saturated rings. The minimum Gasteiger partial charge on any atom is -0.493 e. The summed E-state index contributed by atoms with van der Waals surface area (Å²) in [7, 11) is 1.73. The number of ether oxygens (including phenoxy) is 2. The van der Waals surface area contributed by atoms with Gasteiger partial charge in [-0.25, -0.2) is 4.98 Å². The molecule has 5 rings (SSSR count). The SMILES string of the molecule is COc1ccc(N2CCN(CCc3cnc[nH]3)C(Cc3ccccc3)C2)cc1OC1CCCC1. The highest BCUT2D eigenvalue weighted by atomic mass is 16.5. The van der Waals surface area contributed by atoms with E-state index in [1.54, 1.807) is 13.4 Å². The van der Waals surface area contributed by atoms with Gasteiger partial charge in [-0.3, -0.25) is 4.90 Å².